The van der Waals surface area contributed by atoms with Crippen molar-refractivity contribution < 1.29 is 0 Å². The van der Waals surface area contributed by atoms with Gasteiger partial charge in [0.2, 0.25) is 0 Å². The highest BCUT2D eigenvalue weighted by Crippen LogP contribution is 1.95. The molecule has 2 rings (SSSR count). The molecule has 0 N–H and O–H groups in total. The van der Waals surface area contributed by atoms with Crippen molar-refractivity contribution in [3.63, 3.8) is 0 Å². The van der Waals surface area contributed by atoms with E-state index in [1.807, 2.05) is 6.92 Å². The molecule has 0 radical (unpaired) electrons. The molecule has 1 nitrogen and oxygen atoms in total. The fraction of sp³-hybridized carbons (Fsp3) is 0.222. The number of nitrogens with zero attached hydrogens (tertiary/aromatic N) is 1. The third-order valence-corrected chi connectivity index (χ3v) is 2.60. The van der Waals surface area contributed by atoms with Gasteiger partial charge in [0.1, 0.15) is 0 Å². The first-order valence-corrected chi connectivity index (χ1v) is 4.48. The molecule has 1 aliphatic carbocycles. The van der Waals surface area contributed by atoms with Crippen molar-refractivity contribution in [3.8, 4) is 0 Å². The Hall–Kier alpha value is -0.890. The van der Waals surface area contributed by atoms with Gasteiger partial charge in [0.25, 0.3) is 0 Å². The molecule has 1 aromatic rings. The molecule has 56 valence electrons. The smallest absolute Gasteiger partial charge is 0.0907 e. The molecule has 1 aliphatic rings. The number of rotatable bonds is 0. The number of aromatic nitrogens is 1. The largest absolute Gasteiger partial charge is 0.242 e. The van der Waals surface area contributed by atoms with E-state index in [0.717, 1.165) is 16.8 Å². The van der Waals surface area contributed by atoms with E-state index in [1.54, 1.807) is 11.3 Å². The van der Waals surface area contributed by atoms with Gasteiger partial charge >= 0.3 is 0 Å². The van der Waals surface area contributed by atoms with E-state index in [4.69, 9.17) is 0 Å². The van der Waals surface area contributed by atoms with Crippen LogP contribution in [0.2, 0.25) is 0 Å². The van der Waals surface area contributed by atoms with Gasteiger partial charge in [-0.1, -0.05) is 18.2 Å². The number of aryl methyl sites for hydroxylation is 1. The minimum Gasteiger partial charge on any atom is -0.242 e. The van der Waals surface area contributed by atoms with Crippen LogP contribution in [0.1, 0.15) is 11.4 Å². The zero-order valence-electron chi connectivity index (χ0n) is 6.37. The van der Waals surface area contributed by atoms with Crippen molar-refractivity contribution >= 4 is 23.5 Å². The van der Waals surface area contributed by atoms with Crippen LogP contribution in [0.5, 0.6) is 0 Å². The van der Waals surface area contributed by atoms with Gasteiger partial charge in [-0.2, -0.15) is 0 Å². The second kappa shape index (κ2) is 2.62. The predicted molar refractivity (Wildman–Crippen MR) is 48.8 cm³/mol. The van der Waals surface area contributed by atoms with Crippen LogP contribution in [0, 0.1) is 6.92 Å². The summed E-state index contributed by atoms with van der Waals surface area (Å²) < 4.78 is 1.31. The summed E-state index contributed by atoms with van der Waals surface area (Å²) in [7, 11) is 0. The van der Waals surface area contributed by atoms with Crippen molar-refractivity contribution in [2.75, 3.05) is 0 Å². The molecule has 1 heterocycles. The molecule has 0 aliphatic heterocycles. The maximum atomic E-state index is 4.39. The highest BCUT2D eigenvalue weighted by Gasteiger charge is 1.93. The fourth-order valence-corrected chi connectivity index (χ4v) is 2.00. The first kappa shape index (κ1) is 6.80. The van der Waals surface area contributed by atoms with Gasteiger partial charge in [0.05, 0.1) is 14.9 Å². The van der Waals surface area contributed by atoms with Gasteiger partial charge in [0, 0.05) is 0 Å². The molecular formula is C9H9NS. The van der Waals surface area contributed by atoms with Crippen LogP contribution in [0.4, 0.5) is 0 Å². The van der Waals surface area contributed by atoms with Gasteiger partial charge in [-0.25, -0.2) is 4.98 Å². The van der Waals surface area contributed by atoms with Crippen molar-refractivity contribution in [1.29, 1.82) is 0 Å². The highest BCUT2D eigenvalue weighted by molar-refractivity contribution is 7.09. The fourth-order valence-electron chi connectivity index (χ4n) is 1.14. The summed E-state index contributed by atoms with van der Waals surface area (Å²) in [6.45, 7) is 2.05. The molecule has 0 fully saturated rings. The highest BCUT2D eigenvalue weighted by atomic mass is 32.1. The Morgan fingerprint density at radius 2 is 2.45 bits per heavy atom. The normalized spacial score (nSPS) is 14.6. The Bertz CT molecular complexity index is 398. The summed E-state index contributed by atoms with van der Waals surface area (Å²) in [5.41, 5.74) is 0. The number of allylic oxidation sites excluding steroid dienone is 2. The number of fused-ring (bicyclic) bond motifs is 1. The Balaban J connectivity index is 2.79. The van der Waals surface area contributed by atoms with E-state index < -0.39 is 0 Å². The lowest BCUT2D eigenvalue weighted by Crippen LogP contribution is -2.19. The molecule has 0 bridgehead atoms. The van der Waals surface area contributed by atoms with E-state index in [1.165, 1.54) is 4.53 Å². The number of thiazole rings is 1. The summed E-state index contributed by atoms with van der Waals surface area (Å²) in [6, 6.07) is 0. The Labute approximate surface area is 69.4 Å². The van der Waals surface area contributed by atoms with Crippen LogP contribution in [-0.4, -0.2) is 4.98 Å². The maximum absolute atomic E-state index is 4.39. The van der Waals surface area contributed by atoms with Crippen LogP contribution in [-0.2, 0) is 0 Å². The summed E-state index contributed by atoms with van der Waals surface area (Å²) in [4.78, 5) is 4.39. The minimum atomic E-state index is 1.03. The molecule has 0 spiro atoms. The molecule has 1 aromatic heterocycles. The quantitative estimate of drug-likeness (QED) is 0.555. The first-order valence-electron chi connectivity index (χ1n) is 3.67. The van der Waals surface area contributed by atoms with Crippen molar-refractivity contribution in [1.82, 2.24) is 4.98 Å². The Kier molecular flexibility index (Phi) is 1.62. The first-order chi connectivity index (χ1) is 5.36. The van der Waals surface area contributed by atoms with Gasteiger partial charge < -0.3 is 0 Å². The molecule has 0 unspecified atom stereocenters. The molecule has 0 amide bonds. The molecule has 0 aromatic carbocycles. The molecule has 11 heavy (non-hydrogen) atoms. The van der Waals surface area contributed by atoms with E-state index in [0.29, 0.717) is 0 Å². The van der Waals surface area contributed by atoms with Crippen molar-refractivity contribution in [3.05, 3.63) is 27.0 Å². The lowest BCUT2D eigenvalue weighted by molar-refractivity contribution is 1.23. The van der Waals surface area contributed by atoms with E-state index in [9.17, 15) is 0 Å². The van der Waals surface area contributed by atoms with Gasteiger partial charge in [-0.05, 0) is 19.4 Å². The van der Waals surface area contributed by atoms with Gasteiger partial charge in [-0.3, -0.25) is 0 Å². The average molecular weight is 163 g/mol. The van der Waals surface area contributed by atoms with Crippen LogP contribution in [0.15, 0.2) is 12.2 Å². The van der Waals surface area contributed by atoms with Crippen LogP contribution >= 0.6 is 11.3 Å². The molecule has 2 heteroatoms. The third kappa shape index (κ3) is 1.26. The SMILES string of the molecule is Cc1nc2c(s1)=CCC=CC=2. The zero-order chi connectivity index (χ0) is 7.68. The second-order valence-electron chi connectivity index (χ2n) is 2.52. The topological polar surface area (TPSA) is 12.9 Å². The maximum Gasteiger partial charge on any atom is 0.0907 e. The summed E-state index contributed by atoms with van der Waals surface area (Å²) in [5, 5.41) is 2.28. The molecular weight excluding hydrogens is 154 g/mol. The van der Waals surface area contributed by atoms with Crippen LogP contribution < -0.4 is 9.88 Å². The Morgan fingerprint density at radius 1 is 1.55 bits per heavy atom. The second-order valence-corrected chi connectivity index (χ2v) is 3.75. The van der Waals surface area contributed by atoms with E-state index in [-0.39, 0.29) is 0 Å². The minimum absolute atomic E-state index is 1.03. The van der Waals surface area contributed by atoms with Crippen LogP contribution in [0.3, 0.4) is 0 Å². The zero-order valence-corrected chi connectivity index (χ0v) is 7.19. The standard InChI is InChI=1S/C9H9NS/c1-7-10-8-5-3-2-4-6-9(8)11-7/h2-3,5-6H,4H2,1H3. The van der Waals surface area contributed by atoms with Crippen molar-refractivity contribution in [2.45, 2.75) is 13.3 Å². The predicted octanol–water partition coefficient (Wildman–Crippen LogP) is 0.972. The van der Waals surface area contributed by atoms with E-state index >= 15 is 0 Å². The summed E-state index contributed by atoms with van der Waals surface area (Å²) >= 11 is 1.77. The number of hydrogen-bond donors (Lipinski definition) is 0. The summed E-state index contributed by atoms with van der Waals surface area (Å²) in [6.07, 6.45) is 9.54. The van der Waals surface area contributed by atoms with Crippen molar-refractivity contribution in [2.24, 2.45) is 0 Å². The Morgan fingerprint density at radius 3 is 3.36 bits per heavy atom. The van der Waals surface area contributed by atoms with E-state index in [2.05, 4.69) is 29.3 Å². The number of hydrogen-bond acceptors (Lipinski definition) is 2. The van der Waals surface area contributed by atoms with Gasteiger partial charge in [0.15, 0.2) is 0 Å². The summed E-state index contributed by atoms with van der Waals surface area (Å²) in [5.74, 6) is 0. The molecule has 0 saturated heterocycles. The third-order valence-electron chi connectivity index (χ3n) is 1.62. The molecule has 0 saturated carbocycles. The lowest BCUT2D eigenvalue weighted by Gasteiger charge is -1.73. The average Bonchev–Trinajstić information content (AvgIpc) is 2.17. The lowest BCUT2D eigenvalue weighted by atomic mass is 10.4. The van der Waals surface area contributed by atoms with Crippen LogP contribution in [0.25, 0.3) is 12.2 Å². The van der Waals surface area contributed by atoms with Gasteiger partial charge in [-0.15, -0.1) is 11.3 Å². The monoisotopic (exact) mass is 163 g/mol. The molecule has 0 atom stereocenters.